The number of para-hydroxylation sites is 1. The van der Waals surface area contributed by atoms with Crippen molar-refractivity contribution >= 4 is 11.6 Å². The molecule has 0 radical (unpaired) electrons. The van der Waals surface area contributed by atoms with E-state index in [1.165, 1.54) is 0 Å². The lowest BCUT2D eigenvalue weighted by Crippen LogP contribution is -2.55. The predicted molar refractivity (Wildman–Crippen MR) is 103 cm³/mol. The lowest BCUT2D eigenvalue weighted by atomic mass is 9.77. The summed E-state index contributed by atoms with van der Waals surface area (Å²) in [6.07, 6.45) is 1.77. The molecule has 2 unspecified atom stereocenters. The summed E-state index contributed by atoms with van der Waals surface area (Å²) in [7, 11) is 1.60. The van der Waals surface area contributed by atoms with E-state index in [1.807, 2.05) is 48.5 Å². The van der Waals surface area contributed by atoms with E-state index < -0.39 is 11.6 Å². The van der Waals surface area contributed by atoms with Gasteiger partial charge in [-0.2, -0.15) is 0 Å². The van der Waals surface area contributed by atoms with Crippen LogP contribution in [0.5, 0.6) is 5.75 Å². The van der Waals surface area contributed by atoms with Gasteiger partial charge in [-0.25, -0.2) is 0 Å². The van der Waals surface area contributed by atoms with Crippen LogP contribution in [0.25, 0.3) is 0 Å². The predicted octanol–water partition coefficient (Wildman–Crippen LogP) is 2.75. The number of nitro groups is 1. The first-order chi connectivity index (χ1) is 13.6. The summed E-state index contributed by atoms with van der Waals surface area (Å²) in [5.74, 6) is 0.0694. The molecule has 2 aromatic rings. The molecule has 3 aliphatic heterocycles. The first-order valence-corrected chi connectivity index (χ1v) is 9.54. The Morgan fingerprint density at radius 1 is 1.21 bits per heavy atom. The van der Waals surface area contributed by atoms with Crippen molar-refractivity contribution in [2.24, 2.45) is 0 Å². The van der Waals surface area contributed by atoms with Crippen LogP contribution in [-0.2, 0) is 10.3 Å². The number of hydrogen-bond donors (Lipinski definition) is 1. The molecule has 2 aromatic carbocycles. The first kappa shape index (κ1) is 17.2. The minimum absolute atomic E-state index is 0.0410. The van der Waals surface area contributed by atoms with E-state index in [1.54, 1.807) is 7.11 Å². The van der Waals surface area contributed by atoms with Crippen LogP contribution < -0.4 is 10.1 Å². The Balaban J connectivity index is 1.72. The zero-order chi connectivity index (χ0) is 19.5. The molecule has 4 atom stereocenters. The van der Waals surface area contributed by atoms with Gasteiger partial charge in [0, 0.05) is 28.8 Å². The van der Waals surface area contributed by atoms with Gasteiger partial charge < -0.3 is 10.1 Å². The summed E-state index contributed by atoms with van der Waals surface area (Å²) in [5.41, 5.74) is 1.03. The number of methoxy groups -OCH3 is 1. The van der Waals surface area contributed by atoms with Gasteiger partial charge in [-0.05, 0) is 36.6 Å². The van der Waals surface area contributed by atoms with Crippen molar-refractivity contribution in [1.29, 1.82) is 0 Å². The maximum atomic E-state index is 13.3. The molecule has 5 rings (SSSR count). The molecule has 1 N–H and O–H groups in total. The van der Waals surface area contributed by atoms with Crippen LogP contribution in [0, 0.1) is 10.1 Å². The highest BCUT2D eigenvalue weighted by atomic mass is 16.6. The van der Waals surface area contributed by atoms with Gasteiger partial charge in [-0.3, -0.25) is 19.8 Å². The molecule has 3 aliphatic rings. The van der Waals surface area contributed by atoms with Crippen LogP contribution in [0.3, 0.4) is 0 Å². The van der Waals surface area contributed by atoms with E-state index in [2.05, 4.69) is 10.2 Å². The fourth-order valence-corrected chi connectivity index (χ4v) is 5.60. The second kappa shape index (κ2) is 6.04. The van der Waals surface area contributed by atoms with E-state index in [-0.39, 0.29) is 22.8 Å². The Bertz CT molecular complexity index is 960. The lowest BCUT2D eigenvalue weighted by Gasteiger charge is -2.32. The number of nitrogens with zero attached hydrogens (tertiary/aromatic N) is 2. The Kier molecular flexibility index (Phi) is 3.71. The highest BCUT2D eigenvalue weighted by Crippen LogP contribution is 2.57. The van der Waals surface area contributed by atoms with Crippen molar-refractivity contribution in [2.75, 3.05) is 19.0 Å². The number of amides is 1. The first-order valence-electron chi connectivity index (χ1n) is 9.54. The second-order valence-electron chi connectivity index (χ2n) is 7.70. The van der Waals surface area contributed by atoms with E-state index in [0.29, 0.717) is 18.0 Å². The minimum atomic E-state index is -1.26. The average Bonchev–Trinajstić information content (AvgIpc) is 3.35. The molecule has 0 saturated carbocycles. The van der Waals surface area contributed by atoms with Crippen molar-refractivity contribution in [3.05, 3.63) is 69.8 Å². The van der Waals surface area contributed by atoms with Crippen LogP contribution in [-0.4, -0.2) is 41.5 Å². The number of benzene rings is 2. The third-order valence-corrected chi connectivity index (χ3v) is 6.59. The highest BCUT2D eigenvalue weighted by Gasteiger charge is 2.73. The number of ether oxygens (including phenoxy) is 1. The molecule has 0 aliphatic carbocycles. The third-order valence-electron chi connectivity index (χ3n) is 6.59. The second-order valence-corrected chi connectivity index (χ2v) is 7.70. The average molecular weight is 379 g/mol. The molecule has 144 valence electrons. The molecule has 0 aromatic heterocycles. The van der Waals surface area contributed by atoms with Crippen LogP contribution in [0.15, 0.2) is 48.5 Å². The van der Waals surface area contributed by atoms with Gasteiger partial charge >= 0.3 is 0 Å². The van der Waals surface area contributed by atoms with E-state index >= 15 is 0 Å². The fraction of sp³-hybridized carbons (Fsp3) is 0.381. The fourth-order valence-electron chi connectivity index (χ4n) is 5.60. The van der Waals surface area contributed by atoms with Gasteiger partial charge in [0.1, 0.15) is 5.75 Å². The number of fused-ring (bicyclic) bond motifs is 4. The Hall–Kier alpha value is -2.93. The van der Waals surface area contributed by atoms with Crippen molar-refractivity contribution in [3.63, 3.8) is 0 Å². The SMILES string of the molecule is COc1ccc([C@H]2C3CCCN3C3(C(=O)Nc4ccccc43)[C@@H]2[N+](=O)[O-])cc1. The summed E-state index contributed by atoms with van der Waals surface area (Å²) >= 11 is 0. The van der Waals surface area contributed by atoms with Gasteiger partial charge in [0.15, 0.2) is 5.54 Å². The largest absolute Gasteiger partial charge is 0.497 e. The van der Waals surface area contributed by atoms with Crippen molar-refractivity contribution in [2.45, 2.75) is 36.4 Å². The molecule has 1 spiro atoms. The molecule has 2 saturated heterocycles. The van der Waals surface area contributed by atoms with Crippen molar-refractivity contribution in [3.8, 4) is 5.75 Å². The van der Waals surface area contributed by atoms with Crippen LogP contribution in [0.2, 0.25) is 0 Å². The molecule has 0 bridgehead atoms. The van der Waals surface area contributed by atoms with Crippen molar-refractivity contribution in [1.82, 2.24) is 4.90 Å². The normalized spacial score (nSPS) is 30.9. The summed E-state index contributed by atoms with van der Waals surface area (Å²) in [4.78, 5) is 27.6. The summed E-state index contributed by atoms with van der Waals surface area (Å²) in [6, 6.07) is 13.7. The zero-order valence-electron chi connectivity index (χ0n) is 15.5. The van der Waals surface area contributed by atoms with Crippen LogP contribution in [0.4, 0.5) is 5.69 Å². The van der Waals surface area contributed by atoms with Crippen LogP contribution >= 0.6 is 0 Å². The highest BCUT2D eigenvalue weighted by molar-refractivity contribution is 6.07. The number of nitrogens with one attached hydrogen (secondary N) is 1. The number of carbonyl (C=O) groups excluding carboxylic acids is 1. The maximum absolute atomic E-state index is 13.3. The topological polar surface area (TPSA) is 84.7 Å². The minimum Gasteiger partial charge on any atom is -0.497 e. The quantitative estimate of drug-likeness (QED) is 0.655. The molecule has 7 heteroatoms. The standard InChI is InChI=1S/C21H21N3O4/c1-28-14-10-8-13(9-11-14)18-17-7-4-12-23(17)21(19(18)24(26)27)15-5-2-3-6-16(15)22-20(21)25/h2-3,5-6,8-11,17-19H,4,7,12H2,1H3,(H,22,25)/t17?,18-,19+,21?/m0/s1. The molecular weight excluding hydrogens is 358 g/mol. The Morgan fingerprint density at radius 3 is 2.68 bits per heavy atom. The Labute approximate surface area is 162 Å². The number of hydrogen-bond acceptors (Lipinski definition) is 5. The summed E-state index contributed by atoms with van der Waals surface area (Å²) < 4.78 is 5.24. The van der Waals surface area contributed by atoms with Gasteiger partial charge in [0.2, 0.25) is 0 Å². The Morgan fingerprint density at radius 2 is 1.96 bits per heavy atom. The van der Waals surface area contributed by atoms with Gasteiger partial charge in [0.25, 0.3) is 11.9 Å². The zero-order valence-corrected chi connectivity index (χ0v) is 15.5. The lowest BCUT2D eigenvalue weighted by molar-refractivity contribution is -0.534. The van der Waals surface area contributed by atoms with Gasteiger partial charge in [0.05, 0.1) is 13.0 Å². The monoisotopic (exact) mass is 379 g/mol. The third kappa shape index (κ3) is 2.05. The van der Waals surface area contributed by atoms with E-state index in [4.69, 9.17) is 4.74 Å². The summed E-state index contributed by atoms with van der Waals surface area (Å²) in [6.45, 7) is 0.684. The molecule has 7 nitrogen and oxygen atoms in total. The smallest absolute Gasteiger partial charge is 0.256 e. The van der Waals surface area contributed by atoms with Gasteiger partial charge in [-0.15, -0.1) is 0 Å². The number of carbonyl (C=O) groups is 1. The summed E-state index contributed by atoms with van der Waals surface area (Å²) in [5, 5.41) is 15.3. The van der Waals surface area contributed by atoms with Crippen LogP contribution in [0.1, 0.15) is 29.9 Å². The van der Waals surface area contributed by atoms with Gasteiger partial charge in [-0.1, -0.05) is 30.3 Å². The number of anilines is 1. The molecule has 1 amide bonds. The maximum Gasteiger partial charge on any atom is 0.256 e. The molecule has 3 heterocycles. The van der Waals surface area contributed by atoms with Crippen molar-refractivity contribution < 1.29 is 14.5 Å². The van der Waals surface area contributed by atoms with E-state index in [9.17, 15) is 14.9 Å². The molecular formula is C21H21N3O4. The number of rotatable bonds is 3. The molecule has 28 heavy (non-hydrogen) atoms. The van der Waals surface area contributed by atoms with E-state index in [0.717, 1.165) is 24.0 Å². The molecule has 2 fully saturated rings.